The highest BCUT2D eigenvalue weighted by atomic mass is 16.5. The predicted molar refractivity (Wildman–Crippen MR) is 118 cm³/mol. The van der Waals surface area contributed by atoms with Crippen molar-refractivity contribution < 1.29 is 18.7 Å². The number of benzene rings is 1. The van der Waals surface area contributed by atoms with Crippen LogP contribution in [0.1, 0.15) is 57.4 Å². The van der Waals surface area contributed by atoms with Crippen LogP contribution < -0.4 is 4.74 Å². The van der Waals surface area contributed by atoms with E-state index in [9.17, 15) is 0 Å². The van der Waals surface area contributed by atoms with Gasteiger partial charge in [-0.2, -0.15) is 0 Å². The zero-order valence-corrected chi connectivity index (χ0v) is 18.9. The van der Waals surface area contributed by atoms with Crippen LogP contribution in [0.5, 0.6) is 5.75 Å². The maximum Gasteiger partial charge on any atom is 0.119 e. The van der Waals surface area contributed by atoms with Crippen molar-refractivity contribution in [2.45, 2.75) is 58.3 Å². The van der Waals surface area contributed by atoms with Gasteiger partial charge < -0.3 is 18.7 Å². The number of ether oxygens (including phenoxy) is 3. The monoisotopic (exact) mass is 394 g/mol. The average Bonchev–Trinajstić information content (AvgIpc) is 2.66. The molecule has 0 fully saturated rings. The van der Waals surface area contributed by atoms with Crippen molar-refractivity contribution in [1.82, 2.24) is 0 Å². The van der Waals surface area contributed by atoms with Crippen molar-refractivity contribution in [3.8, 4) is 5.75 Å². The molecule has 0 radical (unpaired) electrons. The van der Waals surface area contributed by atoms with Gasteiger partial charge in [0.05, 0.1) is 47.6 Å². The first-order valence-electron chi connectivity index (χ1n) is 11.2. The Morgan fingerprint density at radius 2 is 1.25 bits per heavy atom. The Hall–Kier alpha value is -1.10. The van der Waals surface area contributed by atoms with Gasteiger partial charge in [-0.15, -0.1) is 0 Å². The van der Waals surface area contributed by atoms with Crippen LogP contribution in [0.2, 0.25) is 0 Å². The van der Waals surface area contributed by atoms with E-state index in [0.717, 1.165) is 23.4 Å². The molecule has 1 rings (SSSR count). The lowest BCUT2D eigenvalue weighted by Crippen LogP contribution is -2.37. The Morgan fingerprint density at radius 3 is 1.89 bits per heavy atom. The summed E-state index contributed by atoms with van der Waals surface area (Å²) in [4.78, 5) is 0. The number of nitrogens with zero attached hydrogens (tertiary/aromatic N) is 1. The summed E-state index contributed by atoms with van der Waals surface area (Å²) in [6, 6.07) is 8.53. The summed E-state index contributed by atoms with van der Waals surface area (Å²) in [5.41, 5.74) is 1.41. The molecule has 28 heavy (non-hydrogen) atoms. The molecule has 4 nitrogen and oxygen atoms in total. The lowest BCUT2D eigenvalue weighted by Gasteiger charge is -2.23. The molecule has 0 saturated carbocycles. The van der Waals surface area contributed by atoms with E-state index < -0.39 is 0 Å². The van der Waals surface area contributed by atoms with Gasteiger partial charge in [-0.1, -0.05) is 57.6 Å². The summed E-state index contributed by atoms with van der Waals surface area (Å²) in [5.74, 6) is 0.922. The van der Waals surface area contributed by atoms with E-state index in [-0.39, 0.29) is 0 Å². The maximum atomic E-state index is 5.75. The molecule has 0 saturated heterocycles. The zero-order valence-electron chi connectivity index (χ0n) is 18.9. The lowest BCUT2D eigenvalue weighted by molar-refractivity contribution is -0.870. The molecule has 0 aliphatic heterocycles. The van der Waals surface area contributed by atoms with Crippen molar-refractivity contribution in [3.63, 3.8) is 0 Å². The third-order valence-corrected chi connectivity index (χ3v) is 4.77. The van der Waals surface area contributed by atoms with Crippen LogP contribution in [-0.2, 0) is 15.9 Å². The fourth-order valence-corrected chi connectivity index (χ4v) is 2.92. The highest BCUT2D eigenvalue weighted by molar-refractivity contribution is 5.27. The van der Waals surface area contributed by atoms with Crippen molar-refractivity contribution in [2.24, 2.45) is 0 Å². The normalized spacial score (nSPS) is 11.7. The molecule has 0 unspecified atom stereocenters. The molecule has 0 aliphatic carbocycles. The Kier molecular flexibility index (Phi) is 14.1. The van der Waals surface area contributed by atoms with Crippen molar-refractivity contribution in [2.75, 3.05) is 60.7 Å². The number of aryl methyl sites for hydroxylation is 1. The molecule has 0 bridgehead atoms. The second kappa shape index (κ2) is 15.8. The van der Waals surface area contributed by atoms with E-state index in [1.807, 2.05) is 0 Å². The molecule has 162 valence electrons. The number of quaternary nitrogens is 1. The van der Waals surface area contributed by atoms with E-state index in [0.29, 0.717) is 26.4 Å². The summed E-state index contributed by atoms with van der Waals surface area (Å²) < 4.78 is 17.8. The summed E-state index contributed by atoms with van der Waals surface area (Å²) in [5, 5.41) is 0. The fraction of sp³-hybridized carbons (Fsp3) is 0.750. The topological polar surface area (TPSA) is 27.7 Å². The van der Waals surface area contributed by atoms with E-state index in [1.165, 1.54) is 56.9 Å². The first kappa shape index (κ1) is 24.9. The number of hydrogen-bond acceptors (Lipinski definition) is 3. The summed E-state index contributed by atoms with van der Waals surface area (Å²) in [7, 11) is 6.50. The molecule has 1 aromatic rings. The Balaban J connectivity index is 1.97. The van der Waals surface area contributed by atoms with E-state index in [1.54, 1.807) is 0 Å². The average molecular weight is 395 g/mol. The Morgan fingerprint density at radius 1 is 0.679 bits per heavy atom. The van der Waals surface area contributed by atoms with Crippen molar-refractivity contribution in [3.05, 3.63) is 29.8 Å². The minimum Gasteiger partial charge on any atom is -0.491 e. The van der Waals surface area contributed by atoms with Gasteiger partial charge in [0.25, 0.3) is 0 Å². The highest BCUT2D eigenvalue weighted by Gasteiger charge is 2.05. The van der Waals surface area contributed by atoms with Crippen LogP contribution in [0.25, 0.3) is 0 Å². The molecule has 0 heterocycles. The maximum absolute atomic E-state index is 5.75. The van der Waals surface area contributed by atoms with Gasteiger partial charge in [0.1, 0.15) is 18.9 Å². The molecule has 0 aliphatic rings. The molecule has 0 aromatic heterocycles. The minimum absolute atomic E-state index is 0.579. The van der Waals surface area contributed by atoms with Crippen LogP contribution in [0.3, 0.4) is 0 Å². The lowest BCUT2D eigenvalue weighted by atomic mass is 10.0. The van der Waals surface area contributed by atoms with Gasteiger partial charge in [0.2, 0.25) is 0 Å². The minimum atomic E-state index is 0.579. The standard InChI is InChI=1S/C24H44NO3/c1-5-6-7-8-9-10-11-12-23-13-15-24(16-14-23)28-22-21-27-20-19-26-18-17-25(2,3)4/h13-16H,5-12,17-22H2,1-4H3/q+1. The second-order valence-electron chi connectivity index (χ2n) is 8.60. The van der Waals surface area contributed by atoms with Gasteiger partial charge in [-0.3, -0.25) is 0 Å². The van der Waals surface area contributed by atoms with Crippen LogP contribution in [0.4, 0.5) is 0 Å². The second-order valence-corrected chi connectivity index (χ2v) is 8.60. The Labute approximate surface area is 173 Å². The van der Waals surface area contributed by atoms with E-state index in [2.05, 4.69) is 52.3 Å². The molecule has 0 N–H and O–H groups in total. The fourth-order valence-electron chi connectivity index (χ4n) is 2.92. The number of unbranched alkanes of at least 4 members (excludes halogenated alkanes) is 6. The first-order chi connectivity index (χ1) is 13.5. The summed E-state index contributed by atoms with van der Waals surface area (Å²) in [6.07, 6.45) is 10.7. The van der Waals surface area contributed by atoms with Crippen molar-refractivity contribution >= 4 is 0 Å². The largest absolute Gasteiger partial charge is 0.491 e. The van der Waals surface area contributed by atoms with Crippen LogP contribution in [0, 0.1) is 0 Å². The molecule has 0 amide bonds. The van der Waals surface area contributed by atoms with Crippen molar-refractivity contribution in [1.29, 1.82) is 0 Å². The molecular weight excluding hydrogens is 350 g/mol. The quantitative estimate of drug-likeness (QED) is 0.256. The van der Waals surface area contributed by atoms with E-state index in [4.69, 9.17) is 14.2 Å². The number of likely N-dealkylation sites (N-methyl/N-ethyl adjacent to an activating group) is 1. The van der Waals surface area contributed by atoms with Crippen LogP contribution in [-0.4, -0.2) is 65.2 Å². The van der Waals surface area contributed by atoms with Gasteiger partial charge in [0.15, 0.2) is 0 Å². The predicted octanol–water partition coefficient (Wildman–Crippen LogP) is 5.10. The van der Waals surface area contributed by atoms with Gasteiger partial charge in [0, 0.05) is 0 Å². The molecule has 0 spiro atoms. The summed E-state index contributed by atoms with van der Waals surface area (Å²) >= 11 is 0. The SMILES string of the molecule is CCCCCCCCCc1ccc(OCCOCCOCC[N+](C)(C)C)cc1. The molecule has 0 atom stereocenters. The van der Waals surface area contributed by atoms with Crippen LogP contribution in [0.15, 0.2) is 24.3 Å². The third-order valence-electron chi connectivity index (χ3n) is 4.77. The van der Waals surface area contributed by atoms with E-state index >= 15 is 0 Å². The first-order valence-corrected chi connectivity index (χ1v) is 11.2. The number of rotatable bonds is 18. The molecule has 4 heteroatoms. The Bertz CT molecular complexity index is 468. The third kappa shape index (κ3) is 14.9. The highest BCUT2D eigenvalue weighted by Crippen LogP contribution is 2.15. The summed E-state index contributed by atoms with van der Waals surface area (Å²) in [6.45, 7) is 6.50. The number of hydrogen-bond donors (Lipinski definition) is 0. The zero-order chi connectivity index (χ0) is 20.5. The van der Waals surface area contributed by atoms with Gasteiger partial charge in [-0.05, 0) is 30.5 Å². The van der Waals surface area contributed by atoms with Gasteiger partial charge >= 0.3 is 0 Å². The van der Waals surface area contributed by atoms with Crippen LogP contribution >= 0.6 is 0 Å². The van der Waals surface area contributed by atoms with Gasteiger partial charge in [-0.25, -0.2) is 0 Å². The molecular formula is C24H44NO3+. The molecule has 1 aromatic carbocycles. The smallest absolute Gasteiger partial charge is 0.119 e.